The van der Waals surface area contributed by atoms with E-state index in [0.717, 1.165) is 55.2 Å². The number of aryl methyl sites for hydroxylation is 1. The van der Waals surface area contributed by atoms with Gasteiger partial charge in [-0.3, -0.25) is 4.79 Å². The maximum absolute atomic E-state index is 15.0. The van der Waals surface area contributed by atoms with Crippen molar-refractivity contribution in [2.75, 3.05) is 55.9 Å². The smallest absolute Gasteiger partial charge is 0.229 e. The van der Waals surface area contributed by atoms with E-state index in [1.165, 1.54) is 11.9 Å². The fraction of sp³-hybridized carbons (Fsp3) is 0.424. The van der Waals surface area contributed by atoms with Crippen molar-refractivity contribution in [1.29, 1.82) is 0 Å². The van der Waals surface area contributed by atoms with E-state index in [1.54, 1.807) is 7.11 Å². The molecule has 3 aromatic rings. The first-order valence-corrected chi connectivity index (χ1v) is 15.0. The zero-order valence-corrected chi connectivity index (χ0v) is 25.2. The number of carbonyl (C=O) groups excluding carboxylic acids is 1. The summed E-state index contributed by atoms with van der Waals surface area (Å²) in [5.41, 5.74) is 4.19. The molecule has 2 aliphatic carbocycles. The van der Waals surface area contributed by atoms with Crippen LogP contribution in [0.15, 0.2) is 60.8 Å². The number of likely N-dealkylation sites (N-methyl/N-ethyl adjacent to an activating group) is 1. The number of nitrogens with zero attached hydrogens (tertiary/aromatic N) is 4. The number of methoxy groups -OCH3 is 1. The summed E-state index contributed by atoms with van der Waals surface area (Å²) in [6, 6.07) is 13.4. The van der Waals surface area contributed by atoms with Crippen molar-refractivity contribution in [2.24, 2.45) is 17.8 Å². The maximum atomic E-state index is 15.0. The summed E-state index contributed by atoms with van der Waals surface area (Å²) in [6.07, 6.45) is 6.26. The average Bonchev–Trinajstić information content (AvgIpc) is 3.62. The van der Waals surface area contributed by atoms with Crippen LogP contribution in [0.2, 0.25) is 0 Å². The molecule has 1 amide bonds. The fourth-order valence-corrected chi connectivity index (χ4v) is 6.61. The van der Waals surface area contributed by atoms with E-state index < -0.39 is 5.82 Å². The third-order valence-corrected chi connectivity index (χ3v) is 9.08. The molecule has 0 spiro atoms. The molecule has 10 heteroatoms. The van der Waals surface area contributed by atoms with E-state index in [9.17, 15) is 4.79 Å². The summed E-state index contributed by atoms with van der Waals surface area (Å²) in [6.45, 7) is 8.14. The first kappa shape index (κ1) is 28.9. The van der Waals surface area contributed by atoms with Gasteiger partial charge in [-0.05, 0) is 80.6 Å². The van der Waals surface area contributed by atoms with E-state index >= 15 is 4.39 Å². The van der Waals surface area contributed by atoms with Crippen molar-refractivity contribution in [3.05, 3.63) is 77.8 Å². The van der Waals surface area contributed by atoms with Crippen molar-refractivity contribution < 1.29 is 13.9 Å². The van der Waals surface area contributed by atoms with Crippen LogP contribution in [0.3, 0.4) is 0 Å². The van der Waals surface area contributed by atoms with Gasteiger partial charge in [0, 0.05) is 43.6 Å². The lowest BCUT2D eigenvalue weighted by Crippen LogP contribution is -2.44. The highest BCUT2D eigenvalue weighted by Gasteiger charge is 2.48. The molecule has 2 aromatic carbocycles. The van der Waals surface area contributed by atoms with Gasteiger partial charge in [0.05, 0.1) is 25.3 Å². The Morgan fingerprint density at radius 3 is 2.53 bits per heavy atom. The summed E-state index contributed by atoms with van der Waals surface area (Å²) in [7, 11) is 3.78. The standard InChI is InChI=1S/C33H40FN7O2/c1-20-17-25(9-12-28(20)41-15-13-40(3)14-16-41)37-33-35-19-27(34)31(39-33)38-30-24-6-5-23(18-24)29(30)32(42)36-21(2)22-7-10-26(43-4)11-8-22/h5-12,17,19,21,23-24,29-30H,13-16,18H2,1-4H3,(H,36,42)(H2,35,37,38,39)/t21-,23-,24+,29+,30-/m1/s1. The highest BCUT2D eigenvalue weighted by Crippen LogP contribution is 2.45. The Morgan fingerprint density at radius 1 is 1.07 bits per heavy atom. The number of hydrogen-bond donors (Lipinski definition) is 3. The number of rotatable bonds is 9. The summed E-state index contributed by atoms with van der Waals surface area (Å²) in [5, 5.41) is 9.70. The largest absolute Gasteiger partial charge is 0.497 e. The van der Waals surface area contributed by atoms with Crippen molar-refractivity contribution in [2.45, 2.75) is 32.4 Å². The van der Waals surface area contributed by atoms with Gasteiger partial charge in [0.15, 0.2) is 11.6 Å². The molecule has 3 aliphatic rings. The number of fused-ring (bicyclic) bond motifs is 2. The number of amides is 1. The lowest BCUT2D eigenvalue weighted by Gasteiger charge is -2.35. The fourth-order valence-electron chi connectivity index (χ4n) is 6.61. The second-order valence-corrected chi connectivity index (χ2v) is 12.0. The van der Waals surface area contributed by atoms with Crippen LogP contribution in [0.1, 0.15) is 30.5 Å². The van der Waals surface area contributed by atoms with Gasteiger partial charge >= 0.3 is 0 Å². The van der Waals surface area contributed by atoms with Gasteiger partial charge in [0.2, 0.25) is 11.9 Å². The summed E-state index contributed by atoms with van der Waals surface area (Å²) >= 11 is 0. The number of benzene rings is 2. The number of anilines is 4. The number of halogens is 1. The molecule has 1 aromatic heterocycles. The molecule has 0 unspecified atom stereocenters. The summed E-state index contributed by atoms with van der Waals surface area (Å²) in [5.74, 6) is 0.418. The number of piperazine rings is 1. The van der Waals surface area contributed by atoms with Gasteiger partial charge in [-0.25, -0.2) is 9.37 Å². The van der Waals surface area contributed by atoms with Crippen LogP contribution in [0.5, 0.6) is 5.75 Å². The molecule has 2 heterocycles. The zero-order valence-electron chi connectivity index (χ0n) is 25.2. The van der Waals surface area contributed by atoms with Crippen LogP contribution in [0, 0.1) is 30.5 Å². The van der Waals surface area contributed by atoms with E-state index in [4.69, 9.17) is 4.74 Å². The Bertz CT molecular complexity index is 1490. The second kappa shape index (κ2) is 12.2. The Balaban J connectivity index is 1.14. The third kappa shape index (κ3) is 6.15. The molecular weight excluding hydrogens is 545 g/mol. The molecular formula is C33H40FN7O2. The van der Waals surface area contributed by atoms with E-state index in [-0.39, 0.29) is 41.6 Å². The minimum atomic E-state index is -0.551. The molecule has 2 fully saturated rings. The zero-order chi connectivity index (χ0) is 30.1. The van der Waals surface area contributed by atoms with Crippen LogP contribution in [-0.4, -0.2) is 67.2 Å². The molecule has 43 heavy (non-hydrogen) atoms. The molecule has 2 bridgehead atoms. The number of aromatic nitrogens is 2. The summed E-state index contributed by atoms with van der Waals surface area (Å²) in [4.78, 5) is 27.0. The number of carbonyl (C=O) groups is 1. The van der Waals surface area contributed by atoms with Crippen molar-refractivity contribution >= 4 is 29.0 Å². The van der Waals surface area contributed by atoms with Gasteiger partial charge in [-0.2, -0.15) is 4.98 Å². The molecule has 9 nitrogen and oxygen atoms in total. The Hall–Kier alpha value is -4.18. The number of ether oxygens (including phenoxy) is 1. The normalized spacial score (nSPS) is 23.7. The highest BCUT2D eigenvalue weighted by molar-refractivity contribution is 5.82. The Labute approximate surface area is 252 Å². The Kier molecular flexibility index (Phi) is 8.21. The maximum Gasteiger partial charge on any atom is 0.229 e. The molecule has 3 N–H and O–H groups in total. The first-order chi connectivity index (χ1) is 20.8. The van der Waals surface area contributed by atoms with Gasteiger partial charge in [-0.15, -0.1) is 0 Å². The second-order valence-electron chi connectivity index (χ2n) is 12.0. The average molecular weight is 586 g/mol. The lowest BCUT2D eigenvalue weighted by atomic mass is 9.87. The van der Waals surface area contributed by atoms with Crippen molar-refractivity contribution in [3.63, 3.8) is 0 Å². The molecule has 226 valence electrons. The number of hydrogen-bond acceptors (Lipinski definition) is 8. The van der Waals surface area contributed by atoms with Crippen LogP contribution in [0.4, 0.5) is 27.5 Å². The number of nitrogens with one attached hydrogen (secondary N) is 3. The van der Waals surface area contributed by atoms with E-state index in [0.29, 0.717) is 5.95 Å². The molecule has 1 aliphatic heterocycles. The minimum Gasteiger partial charge on any atom is -0.497 e. The third-order valence-electron chi connectivity index (χ3n) is 9.08. The molecule has 1 saturated carbocycles. The van der Waals surface area contributed by atoms with Crippen LogP contribution in [-0.2, 0) is 4.79 Å². The predicted octanol–water partition coefficient (Wildman–Crippen LogP) is 4.91. The molecule has 6 rings (SSSR count). The number of allylic oxidation sites excluding steroid dienone is 1. The van der Waals surface area contributed by atoms with Crippen LogP contribution in [0.25, 0.3) is 0 Å². The molecule has 0 radical (unpaired) electrons. The predicted molar refractivity (Wildman–Crippen MR) is 167 cm³/mol. The molecule has 1 saturated heterocycles. The minimum absolute atomic E-state index is 0.0543. The SMILES string of the molecule is COc1ccc([C@@H](C)NC(=O)[C@@H]2[C@H](Nc3nc(Nc4ccc(N5CCN(C)CC5)c(C)c4)ncc3F)[C@H]3C=C[C@@H]2C3)cc1. The van der Waals surface area contributed by atoms with Gasteiger partial charge in [-0.1, -0.05) is 24.3 Å². The van der Waals surface area contributed by atoms with Crippen molar-refractivity contribution in [3.8, 4) is 5.75 Å². The van der Waals surface area contributed by atoms with E-state index in [2.05, 4.69) is 74.0 Å². The van der Waals surface area contributed by atoms with Gasteiger partial charge < -0.3 is 30.5 Å². The topological polar surface area (TPSA) is 94.6 Å². The van der Waals surface area contributed by atoms with E-state index in [1.807, 2.05) is 37.3 Å². The van der Waals surface area contributed by atoms with Gasteiger partial charge in [0.25, 0.3) is 0 Å². The highest BCUT2D eigenvalue weighted by atomic mass is 19.1. The van der Waals surface area contributed by atoms with Crippen LogP contribution >= 0.6 is 0 Å². The van der Waals surface area contributed by atoms with Crippen molar-refractivity contribution in [1.82, 2.24) is 20.2 Å². The molecule has 5 atom stereocenters. The van der Waals surface area contributed by atoms with Crippen LogP contribution < -0.4 is 25.6 Å². The first-order valence-electron chi connectivity index (χ1n) is 15.0. The quantitative estimate of drug-likeness (QED) is 0.305. The van der Waals surface area contributed by atoms with Gasteiger partial charge in [0.1, 0.15) is 5.75 Å². The summed E-state index contributed by atoms with van der Waals surface area (Å²) < 4.78 is 20.3. The monoisotopic (exact) mass is 585 g/mol. The lowest BCUT2D eigenvalue weighted by molar-refractivity contribution is -0.126. The Morgan fingerprint density at radius 2 is 1.81 bits per heavy atom.